The minimum Gasteiger partial charge on any atom is -0.548 e. The Balaban J connectivity index is 1.65. The number of aryl methyl sites for hydroxylation is 1. The van der Waals surface area contributed by atoms with Crippen LogP contribution in [0.3, 0.4) is 0 Å². The van der Waals surface area contributed by atoms with Crippen molar-refractivity contribution in [1.29, 1.82) is 0 Å². The number of benzene rings is 2. The maximum atomic E-state index is 12.2. The number of rotatable bonds is 9. The highest BCUT2D eigenvalue weighted by atomic mass is 16.5. The molecular formula is C23H22NO6-. The Kier molecular flexibility index (Phi) is 6.85. The van der Waals surface area contributed by atoms with Gasteiger partial charge in [-0.3, -0.25) is 4.79 Å². The van der Waals surface area contributed by atoms with E-state index in [1.165, 1.54) is 6.07 Å². The fraction of sp³-hybridized carbons (Fsp3) is 0.261. The molecule has 7 heteroatoms. The normalized spacial score (nSPS) is 11.8. The summed E-state index contributed by atoms with van der Waals surface area (Å²) in [7, 11) is 0. The van der Waals surface area contributed by atoms with Crippen LogP contribution in [0.5, 0.6) is 5.75 Å². The Morgan fingerprint density at radius 2 is 1.90 bits per heavy atom. The smallest absolute Gasteiger partial charge is 0.336 e. The highest BCUT2D eigenvalue weighted by Gasteiger charge is 2.15. The van der Waals surface area contributed by atoms with Gasteiger partial charge in [0.1, 0.15) is 11.3 Å². The number of carbonyl (C=O) groups excluding carboxylic acids is 2. The largest absolute Gasteiger partial charge is 0.548 e. The third-order valence-corrected chi connectivity index (χ3v) is 4.59. The van der Waals surface area contributed by atoms with E-state index in [0.717, 1.165) is 29.4 Å². The van der Waals surface area contributed by atoms with E-state index in [-0.39, 0.29) is 13.0 Å². The molecule has 156 valence electrons. The number of hydrogen-bond acceptors (Lipinski definition) is 6. The monoisotopic (exact) mass is 408 g/mol. The van der Waals surface area contributed by atoms with Crippen molar-refractivity contribution in [2.75, 3.05) is 6.61 Å². The number of carboxylic acid groups (broad SMARTS) is 1. The van der Waals surface area contributed by atoms with E-state index >= 15 is 0 Å². The molecule has 1 atom stereocenters. The predicted molar refractivity (Wildman–Crippen MR) is 109 cm³/mol. The molecule has 0 unspecified atom stereocenters. The summed E-state index contributed by atoms with van der Waals surface area (Å²) < 4.78 is 10.7. The molecule has 1 aromatic heterocycles. The quantitative estimate of drug-likeness (QED) is 0.539. The van der Waals surface area contributed by atoms with E-state index in [0.29, 0.717) is 11.3 Å². The number of fused-ring (bicyclic) bond motifs is 1. The molecular weight excluding hydrogens is 386 g/mol. The van der Waals surface area contributed by atoms with Crippen molar-refractivity contribution in [2.24, 2.45) is 0 Å². The summed E-state index contributed by atoms with van der Waals surface area (Å²) >= 11 is 0. The standard InChI is InChI=1S/C23H23NO6/c1-2-6-16-12-22(26)30-20-13-17(9-10-18(16)20)29-14-21(25)24-19(23(27)28)11-15-7-4-3-5-8-15/h3-5,7-10,12-13,19H,2,6,11,14H2,1H3,(H,24,25)(H,27,28)/p-1/t19-/m0/s1. The summed E-state index contributed by atoms with van der Waals surface area (Å²) in [4.78, 5) is 35.3. The number of hydrogen-bond donors (Lipinski definition) is 1. The molecule has 3 rings (SSSR count). The third kappa shape index (κ3) is 5.47. The number of carbonyl (C=O) groups is 2. The van der Waals surface area contributed by atoms with Gasteiger partial charge < -0.3 is 24.4 Å². The molecule has 7 nitrogen and oxygen atoms in total. The zero-order valence-electron chi connectivity index (χ0n) is 16.6. The SMILES string of the molecule is CCCc1cc(=O)oc2cc(OCC(=O)N[C@@H](Cc3ccccc3)C(=O)[O-])ccc12. The summed E-state index contributed by atoms with van der Waals surface area (Å²) in [6.45, 7) is 1.64. The lowest BCUT2D eigenvalue weighted by Gasteiger charge is -2.20. The molecule has 0 spiro atoms. The molecule has 0 fully saturated rings. The van der Waals surface area contributed by atoms with Crippen LogP contribution in [0.1, 0.15) is 24.5 Å². The number of aliphatic carboxylic acids is 1. The van der Waals surface area contributed by atoms with E-state index in [1.807, 2.05) is 13.0 Å². The molecule has 3 aromatic rings. The first kappa shape index (κ1) is 21.1. The molecule has 0 aliphatic carbocycles. The van der Waals surface area contributed by atoms with Crippen LogP contribution in [0.4, 0.5) is 0 Å². The van der Waals surface area contributed by atoms with Crippen molar-refractivity contribution < 1.29 is 23.8 Å². The Hall–Kier alpha value is -3.61. The minimum atomic E-state index is -1.37. The molecule has 0 radical (unpaired) electrons. The maximum absolute atomic E-state index is 12.2. The van der Waals surface area contributed by atoms with Crippen LogP contribution < -0.4 is 20.8 Å². The first-order chi connectivity index (χ1) is 14.5. The Morgan fingerprint density at radius 1 is 1.13 bits per heavy atom. The van der Waals surface area contributed by atoms with Gasteiger partial charge in [0.05, 0.1) is 12.0 Å². The fourth-order valence-electron chi connectivity index (χ4n) is 3.20. The lowest BCUT2D eigenvalue weighted by Crippen LogP contribution is -2.50. The molecule has 1 N–H and O–H groups in total. The van der Waals surface area contributed by atoms with Gasteiger partial charge in [-0.25, -0.2) is 4.79 Å². The molecule has 0 bridgehead atoms. The minimum absolute atomic E-state index is 0.107. The van der Waals surface area contributed by atoms with Gasteiger partial charge in [0.25, 0.3) is 5.91 Å². The lowest BCUT2D eigenvalue weighted by atomic mass is 10.1. The Morgan fingerprint density at radius 3 is 2.60 bits per heavy atom. The van der Waals surface area contributed by atoms with Gasteiger partial charge in [-0.05, 0) is 36.1 Å². The number of amides is 1. The van der Waals surface area contributed by atoms with Gasteiger partial charge in [0.15, 0.2) is 6.61 Å². The summed E-state index contributed by atoms with van der Waals surface area (Å²) in [5, 5.41) is 14.6. The summed E-state index contributed by atoms with van der Waals surface area (Å²) in [5.41, 5.74) is 1.59. The first-order valence-electron chi connectivity index (χ1n) is 9.70. The summed E-state index contributed by atoms with van der Waals surface area (Å²) in [6, 6.07) is 14.2. The van der Waals surface area contributed by atoms with Crippen molar-refractivity contribution in [2.45, 2.75) is 32.2 Å². The maximum Gasteiger partial charge on any atom is 0.336 e. The van der Waals surface area contributed by atoms with Crippen molar-refractivity contribution in [1.82, 2.24) is 5.32 Å². The van der Waals surface area contributed by atoms with Crippen molar-refractivity contribution in [3.63, 3.8) is 0 Å². The second kappa shape index (κ2) is 9.73. The number of carboxylic acids is 1. The van der Waals surface area contributed by atoms with Crippen LogP contribution in [0.15, 0.2) is 63.8 Å². The average Bonchev–Trinajstić information content (AvgIpc) is 2.72. The van der Waals surface area contributed by atoms with Crippen LogP contribution in [0.2, 0.25) is 0 Å². The van der Waals surface area contributed by atoms with Gasteiger partial charge >= 0.3 is 5.63 Å². The Bertz CT molecular complexity index is 1090. The zero-order chi connectivity index (χ0) is 21.5. The number of ether oxygens (including phenoxy) is 1. The number of nitrogens with one attached hydrogen (secondary N) is 1. The van der Waals surface area contributed by atoms with Gasteiger partial charge in [-0.1, -0.05) is 43.7 Å². The summed E-state index contributed by atoms with van der Waals surface area (Å²) in [6.07, 6.45) is 1.74. The van der Waals surface area contributed by atoms with E-state index in [4.69, 9.17) is 9.15 Å². The van der Waals surface area contributed by atoms with Gasteiger partial charge in [-0.15, -0.1) is 0 Å². The van der Waals surface area contributed by atoms with E-state index in [9.17, 15) is 19.5 Å². The van der Waals surface area contributed by atoms with Crippen LogP contribution in [-0.4, -0.2) is 24.5 Å². The van der Waals surface area contributed by atoms with Gasteiger partial charge in [-0.2, -0.15) is 0 Å². The van der Waals surface area contributed by atoms with Crippen molar-refractivity contribution in [3.05, 3.63) is 76.1 Å². The van der Waals surface area contributed by atoms with Gasteiger partial charge in [0, 0.05) is 17.5 Å². The predicted octanol–water partition coefficient (Wildman–Crippen LogP) is 1.60. The third-order valence-electron chi connectivity index (χ3n) is 4.59. The lowest BCUT2D eigenvalue weighted by molar-refractivity contribution is -0.308. The van der Waals surface area contributed by atoms with Crippen molar-refractivity contribution in [3.8, 4) is 5.75 Å². The molecule has 0 aliphatic heterocycles. The highest BCUT2D eigenvalue weighted by Crippen LogP contribution is 2.23. The molecule has 0 saturated heterocycles. The molecule has 1 amide bonds. The van der Waals surface area contributed by atoms with Crippen LogP contribution in [0, 0.1) is 0 Å². The van der Waals surface area contributed by atoms with E-state index in [2.05, 4.69) is 5.32 Å². The Labute approximate surface area is 173 Å². The second-order valence-electron chi connectivity index (χ2n) is 6.92. The van der Waals surface area contributed by atoms with Crippen LogP contribution in [-0.2, 0) is 22.4 Å². The molecule has 0 saturated carbocycles. The van der Waals surface area contributed by atoms with Gasteiger partial charge in [0.2, 0.25) is 0 Å². The molecule has 2 aromatic carbocycles. The van der Waals surface area contributed by atoms with E-state index < -0.39 is 23.5 Å². The summed E-state index contributed by atoms with van der Waals surface area (Å²) in [5.74, 6) is -1.63. The first-order valence-corrected chi connectivity index (χ1v) is 9.70. The topological polar surface area (TPSA) is 109 Å². The van der Waals surface area contributed by atoms with Crippen LogP contribution >= 0.6 is 0 Å². The fourth-order valence-corrected chi connectivity index (χ4v) is 3.20. The second-order valence-corrected chi connectivity index (χ2v) is 6.92. The van der Waals surface area contributed by atoms with Crippen LogP contribution in [0.25, 0.3) is 11.0 Å². The molecule has 30 heavy (non-hydrogen) atoms. The zero-order valence-corrected chi connectivity index (χ0v) is 16.6. The highest BCUT2D eigenvalue weighted by molar-refractivity contribution is 5.84. The molecule has 1 heterocycles. The average molecular weight is 408 g/mol. The van der Waals surface area contributed by atoms with Crippen molar-refractivity contribution >= 4 is 22.8 Å². The van der Waals surface area contributed by atoms with E-state index in [1.54, 1.807) is 42.5 Å². The molecule has 0 aliphatic rings.